The van der Waals surface area contributed by atoms with E-state index in [-0.39, 0.29) is 5.69 Å². The molecule has 0 aliphatic carbocycles. The van der Waals surface area contributed by atoms with Crippen molar-refractivity contribution in [2.75, 3.05) is 11.5 Å². The van der Waals surface area contributed by atoms with Gasteiger partial charge >= 0.3 is 0 Å². The Morgan fingerprint density at radius 1 is 0.731 bits per heavy atom. The van der Waals surface area contributed by atoms with Crippen LogP contribution in [0.15, 0.2) is 72.8 Å². The molecule has 0 aliphatic heterocycles. The smallest absolute Gasteiger partial charge is 0.269 e. The zero-order chi connectivity index (χ0) is 18.7. The van der Waals surface area contributed by atoms with Gasteiger partial charge < -0.3 is 11.5 Å². The van der Waals surface area contributed by atoms with Crippen LogP contribution >= 0.6 is 0 Å². The van der Waals surface area contributed by atoms with Gasteiger partial charge in [-0.05, 0) is 71.2 Å². The van der Waals surface area contributed by atoms with E-state index in [4.69, 9.17) is 11.5 Å². The molecule has 0 heterocycles. The Kier molecular flexibility index (Phi) is 4.71. The van der Waals surface area contributed by atoms with E-state index in [1.54, 1.807) is 12.1 Å². The summed E-state index contributed by atoms with van der Waals surface area (Å²) in [7, 11) is 0. The van der Waals surface area contributed by atoms with Crippen molar-refractivity contribution >= 4 is 28.2 Å². The molecule has 130 valence electrons. The van der Waals surface area contributed by atoms with Crippen molar-refractivity contribution in [3.8, 4) is 0 Å². The van der Waals surface area contributed by atoms with Gasteiger partial charge in [-0.2, -0.15) is 0 Å². The Labute approximate surface area is 151 Å². The Bertz CT molecular complexity index is 910. The molecule has 26 heavy (non-hydrogen) atoms. The predicted molar refractivity (Wildman–Crippen MR) is 106 cm³/mol. The fourth-order valence-electron chi connectivity index (χ4n) is 2.88. The molecule has 3 rings (SSSR count). The number of rotatable bonds is 4. The summed E-state index contributed by atoms with van der Waals surface area (Å²) in [5.41, 5.74) is 18.1. The normalized spacial score (nSPS) is 10.3. The van der Waals surface area contributed by atoms with Crippen molar-refractivity contribution < 1.29 is 4.92 Å². The summed E-state index contributed by atoms with van der Waals surface area (Å²) in [5, 5.41) is 10.9. The van der Waals surface area contributed by atoms with Gasteiger partial charge in [-0.3, -0.25) is 10.1 Å². The Balaban J connectivity index is 2.17. The van der Waals surface area contributed by atoms with Gasteiger partial charge in [0.25, 0.3) is 5.69 Å². The van der Waals surface area contributed by atoms with Crippen LogP contribution < -0.4 is 11.5 Å². The standard InChI is InChI=1S/C21H19N3O2/c1-14(15-6-12-20(13-7-15)24(25)26)21(16-2-8-18(22)9-3-16)17-4-10-19(23)11-5-17/h2-13H,22-23H2,1H3. The molecule has 0 aromatic heterocycles. The summed E-state index contributed by atoms with van der Waals surface area (Å²) in [6, 6.07) is 21.9. The second kappa shape index (κ2) is 7.11. The highest BCUT2D eigenvalue weighted by atomic mass is 16.6. The number of allylic oxidation sites excluding steroid dienone is 1. The van der Waals surface area contributed by atoms with E-state index in [9.17, 15) is 10.1 Å². The molecule has 0 aliphatic rings. The largest absolute Gasteiger partial charge is 0.399 e. The van der Waals surface area contributed by atoms with Crippen LogP contribution in [-0.4, -0.2) is 4.92 Å². The number of anilines is 2. The predicted octanol–water partition coefficient (Wildman–Crippen LogP) is 4.74. The number of nitrogens with two attached hydrogens (primary N) is 2. The second-order valence-electron chi connectivity index (χ2n) is 6.05. The van der Waals surface area contributed by atoms with E-state index < -0.39 is 4.92 Å². The molecule has 0 saturated carbocycles. The highest BCUT2D eigenvalue weighted by Gasteiger charge is 2.12. The number of nitro benzene ring substituents is 1. The van der Waals surface area contributed by atoms with Crippen molar-refractivity contribution in [2.45, 2.75) is 6.92 Å². The van der Waals surface area contributed by atoms with Crippen molar-refractivity contribution in [3.05, 3.63) is 99.6 Å². The number of hydrogen-bond acceptors (Lipinski definition) is 4. The molecule has 4 N–H and O–H groups in total. The first-order valence-electron chi connectivity index (χ1n) is 8.13. The highest BCUT2D eigenvalue weighted by Crippen LogP contribution is 2.33. The molecule has 0 saturated heterocycles. The third-order valence-corrected chi connectivity index (χ3v) is 4.28. The molecule has 0 bridgehead atoms. The molecule has 0 fully saturated rings. The van der Waals surface area contributed by atoms with Gasteiger partial charge in [0.1, 0.15) is 0 Å². The maximum Gasteiger partial charge on any atom is 0.269 e. The van der Waals surface area contributed by atoms with Gasteiger partial charge in [-0.25, -0.2) is 0 Å². The number of nitrogens with zero attached hydrogens (tertiary/aromatic N) is 1. The van der Waals surface area contributed by atoms with Crippen molar-refractivity contribution in [3.63, 3.8) is 0 Å². The Morgan fingerprint density at radius 3 is 1.50 bits per heavy atom. The highest BCUT2D eigenvalue weighted by molar-refractivity contribution is 5.98. The first kappa shape index (κ1) is 17.2. The van der Waals surface area contributed by atoms with Gasteiger partial charge in [0, 0.05) is 23.5 Å². The number of hydrogen-bond donors (Lipinski definition) is 2. The molecule has 3 aromatic carbocycles. The van der Waals surface area contributed by atoms with Crippen LogP contribution in [0.1, 0.15) is 23.6 Å². The van der Waals surface area contributed by atoms with E-state index in [0.717, 1.165) is 27.8 Å². The average molecular weight is 345 g/mol. The third-order valence-electron chi connectivity index (χ3n) is 4.28. The fourth-order valence-corrected chi connectivity index (χ4v) is 2.88. The number of nitro groups is 1. The second-order valence-corrected chi connectivity index (χ2v) is 6.05. The zero-order valence-electron chi connectivity index (χ0n) is 14.3. The lowest BCUT2D eigenvalue weighted by molar-refractivity contribution is -0.384. The van der Waals surface area contributed by atoms with Crippen LogP contribution in [0.4, 0.5) is 17.1 Å². The van der Waals surface area contributed by atoms with Gasteiger partial charge in [0.05, 0.1) is 4.92 Å². The molecule has 5 heteroatoms. The molecule has 0 radical (unpaired) electrons. The summed E-state index contributed by atoms with van der Waals surface area (Å²) in [5.74, 6) is 0. The molecule has 0 amide bonds. The summed E-state index contributed by atoms with van der Waals surface area (Å²) < 4.78 is 0. The molecule has 3 aromatic rings. The van der Waals surface area contributed by atoms with Crippen molar-refractivity contribution in [2.24, 2.45) is 0 Å². The quantitative estimate of drug-likeness (QED) is 0.309. The van der Waals surface area contributed by atoms with Crippen LogP contribution in [0.3, 0.4) is 0 Å². The van der Waals surface area contributed by atoms with Crippen LogP contribution in [0.5, 0.6) is 0 Å². The molecule has 0 atom stereocenters. The van der Waals surface area contributed by atoms with Gasteiger partial charge in [0.15, 0.2) is 0 Å². The van der Waals surface area contributed by atoms with Crippen LogP contribution in [0.25, 0.3) is 11.1 Å². The van der Waals surface area contributed by atoms with E-state index in [2.05, 4.69) is 0 Å². The summed E-state index contributed by atoms with van der Waals surface area (Å²) >= 11 is 0. The van der Waals surface area contributed by atoms with Crippen LogP contribution in [-0.2, 0) is 0 Å². The maximum absolute atomic E-state index is 10.9. The summed E-state index contributed by atoms with van der Waals surface area (Å²) in [6.45, 7) is 2.00. The Morgan fingerprint density at radius 2 is 1.12 bits per heavy atom. The first-order chi connectivity index (χ1) is 12.5. The van der Waals surface area contributed by atoms with E-state index >= 15 is 0 Å². The maximum atomic E-state index is 10.9. The minimum Gasteiger partial charge on any atom is -0.399 e. The third kappa shape index (κ3) is 3.57. The molecule has 0 spiro atoms. The lowest BCUT2D eigenvalue weighted by Gasteiger charge is -2.14. The number of benzene rings is 3. The zero-order valence-corrected chi connectivity index (χ0v) is 14.3. The number of nitrogen functional groups attached to an aromatic ring is 2. The minimum absolute atomic E-state index is 0.0723. The van der Waals surface area contributed by atoms with Gasteiger partial charge in [-0.15, -0.1) is 0 Å². The average Bonchev–Trinajstić information content (AvgIpc) is 2.65. The number of non-ortho nitro benzene ring substituents is 1. The van der Waals surface area contributed by atoms with E-state index in [1.165, 1.54) is 12.1 Å². The van der Waals surface area contributed by atoms with Gasteiger partial charge in [0.2, 0.25) is 0 Å². The first-order valence-corrected chi connectivity index (χ1v) is 8.13. The van der Waals surface area contributed by atoms with E-state index in [1.807, 2.05) is 55.5 Å². The molecule has 5 nitrogen and oxygen atoms in total. The van der Waals surface area contributed by atoms with Crippen LogP contribution in [0, 0.1) is 10.1 Å². The van der Waals surface area contributed by atoms with E-state index in [0.29, 0.717) is 11.4 Å². The summed E-state index contributed by atoms with van der Waals surface area (Å²) in [4.78, 5) is 10.5. The fraction of sp³-hybridized carbons (Fsp3) is 0.0476. The lowest BCUT2D eigenvalue weighted by Crippen LogP contribution is -1.95. The Hall–Kier alpha value is -3.60. The van der Waals surface area contributed by atoms with Crippen molar-refractivity contribution in [1.82, 2.24) is 0 Å². The molecular formula is C21H19N3O2. The summed E-state index contributed by atoms with van der Waals surface area (Å²) in [6.07, 6.45) is 0. The van der Waals surface area contributed by atoms with Crippen LogP contribution in [0.2, 0.25) is 0 Å². The topological polar surface area (TPSA) is 95.2 Å². The lowest BCUT2D eigenvalue weighted by atomic mass is 9.90. The minimum atomic E-state index is -0.399. The van der Waals surface area contributed by atoms with Crippen molar-refractivity contribution in [1.29, 1.82) is 0 Å². The van der Waals surface area contributed by atoms with Gasteiger partial charge in [-0.1, -0.05) is 24.3 Å². The SMILES string of the molecule is CC(=C(c1ccc(N)cc1)c1ccc(N)cc1)c1ccc([N+](=O)[O-])cc1. The molecule has 0 unspecified atom stereocenters. The molecular weight excluding hydrogens is 326 g/mol. The monoisotopic (exact) mass is 345 g/mol.